The molecule has 0 radical (unpaired) electrons. The number of nitrogens with zero attached hydrogens (tertiary/aromatic N) is 5. The minimum atomic E-state index is -3.92. The van der Waals surface area contributed by atoms with Crippen molar-refractivity contribution in [3.05, 3.63) is 48.5 Å². The first-order valence-corrected chi connectivity index (χ1v) is 13.2. The summed E-state index contributed by atoms with van der Waals surface area (Å²) in [6.07, 6.45) is 2.04. The van der Waals surface area contributed by atoms with Gasteiger partial charge in [-0.1, -0.05) is 26.0 Å². The number of nitrogens with one attached hydrogen (secondary N) is 1. The molecule has 1 aliphatic carbocycles. The number of benzene rings is 2. The van der Waals surface area contributed by atoms with Crippen LogP contribution in [-0.4, -0.2) is 54.4 Å². The van der Waals surface area contributed by atoms with Gasteiger partial charge in [0.2, 0.25) is 10.0 Å². The van der Waals surface area contributed by atoms with Crippen LogP contribution in [-0.2, 0) is 20.0 Å². The Bertz CT molecular complexity index is 1310. The van der Waals surface area contributed by atoms with Crippen molar-refractivity contribution in [2.24, 2.45) is 0 Å². The first-order valence-electron chi connectivity index (χ1n) is 10.3. The molecular weight excluding hydrogens is 452 g/mol. The van der Waals surface area contributed by atoms with E-state index < -0.39 is 20.0 Å². The van der Waals surface area contributed by atoms with Crippen molar-refractivity contribution in [1.29, 1.82) is 0 Å². The molecule has 0 saturated heterocycles. The van der Waals surface area contributed by atoms with Crippen LogP contribution in [0.25, 0.3) is 11.4 Å². The molecule has 0 atom stereocenters. The van der Waals surface area contributed by atoms with E-state index in [1.165, 1.54) is 28.6 Å². The van der Waals surface area contributed by atoms with Gasteiger partial charge >= 0.3 is 0 Å². The van der Waals surface area contributed by atoms with E-state index in [0.717, 1.165) is 12.8 Å². The molecule has 0 unspecified atom stereocenters. The first-order chi connectivity index (χ1) is 15.3. The number of anilines is 1. The maximum absolute atomic E-state index is 12.9. The molecule has 0 amide bonds. The number of rotatable bonds is 9. The third kappa shape index (κ3) is 4.38. The van der Waals surface area contributed by atoms with E-state index in [2.05, 4.69) is 20.2 Å². The molecule has 1 aromatic heterocycles. The second-order valence-corrected chi connectivity index (χ2v) is 11.0. The predicted molar refractivity (Wildman–Crippen MR) is 119 cm³/mol. The van der Waals surface area contributed by atoms with Crippen molar-refractivity contribution < 1.29 is 16.8 Å². The Hall–Kier alpha value is -2.83. The monoisotopic (exact) mass is 476 g/mol. The van der Waals surface area contributed by atoms with Crippen molar-refractivity contribution in [2.45, 2.75) is 42.5 Å². The summed E-state index contributed by atoms with van der Waals surface area (Å²) in [6, 6.07) is 12.3. The minimum Gasteiger partial charge on any atom is -0.280 e. The molecule has 0 spiro atoms. The van der Waals surface area contributed by atoms with Crippen LogP contribution < -0.4 is 4.72 Å². The SMILES string of the molecule is CCN(CC)S(=O)(=O)c1ccc(S(=O)(=O)Nc2cccc(-c3nnnn3C3CC3)c2)cc1. The normalized spacial score (nSPS) is 14.6. The van der Waals surface area contributed by atoms with Gasteiger partial charge in [0.1, 0.15) is 0 Å². The zero-order valence-corrected chi connectivity index (χ0v) is 19.3. The molecular formula is C20H24N6O4S2. The van der Waals surface area contributed by atoms with Gasteiger partial charge in [-0.2, -0.15) is 4.31 Å². The second kappa shape index (κ2) is 8.60. The zero-order valence-electron chi connectivity index (χ0n) is 17.7. The Balaban J connectivity index is 1.57. The van der Waals surface area contributed by atoms with Crippen molar-refractivity contribution in [1.82, 2.24) is 24.5 Å². The fraction of sp³-hybridized carbons (Fsp3) is 0.350. The van der Waals surface area contributed by atoms with Gasteiger partial charge in [-0.3, -0.25) is 4.72 Å². The molecule has 0 bridgehead atoms. The largest absolute Gasteiger partial charge is 0.280 e. The third-order valence-corrected chi connectivity index (χ3v) is 8.70. The lowest BCUT2D eigenvalue weighted by Crippen LogP contribution is -2.30. The Morgan fingerprint density at radius 3 is 2.28 bits per heavy atom. The highest BCUT2D eigenvalue weighted by atomic mass is 32.2. The summed E-state index contributed by atoms with van der Waals surface area (Å²) in [5, 5.41) is 11.8. The van der Waals surface area contributed by atoms with E-state index >= 15 is 0 Å². The third-order valence-electron chi connectivity index (χ3n) is 5.24. The molecule has 32 heavy (non-hydrogen) atoms. The molecule has 4 rings (SSSR count). The smallest absolute Gasteiger partial charge is 0.261 e. The highest BCUT2D eigenvalue weighted by molar-refractivity contribution is 7.92. The van der Waals surface area contributed by atoms with Gasteiger partial charge in [-0.15, -0.1) is 5.10 Å². The molecule has 0 aliphatic heterocycles. The number of tetrazole rings is 1. The molecule has 1 saturated carbocycles. The van der Waals surface area contributed by atoms with Crippen LogP contribution in [0.5, 0.6) is 0 Å². The molecule has 1 fully saturated rings. The highest BCUT2D eigenvalue weighted by Gasteiger charge is 2.28. The van der Waals surface area contributed by atoms with E-state index in [0.29, 0.717) is 30.2 Å². The summed E-state index contributed by atoms with van der Waals surface area (Å²) in [6.45, 7) is 4.17. The first kappa shape index (κ1) is 22.4. The fourth-order valence-corrected chi connectivity index (χ4v) is 5.90. The number of sulfonamides is 2. The topological polar surface area (TPSA) is 127 Å². The lowest BCUT2D eigenvalue weighted by Gasteiger charge is -2.18. The summed E-state index contributed by atoms with van der Waals surface area (Å²) in [5.41, 5.74) is 1.05. The van der Waals surface area contributed by atoms with Crippen LogP contribution in [0.15, 0.2) is 58.3 Å². The van der Waals surface area contributed by atoms with E-state index in [-0.39, 0.29) is 15.8 Å². The average molecular weight is 477 g/mol. The van der Waals surface area contributed by atoms with Crippen LogP contribution in [0.4, 0.5) is 5.69 Å². The Kier molecular flexibility index (Phi) is 6.01. The number of aromatic nitrogens is 4. The van der Waals surface area contributed by atoms with E-state index in [9.17, 15) is 16.8 Å². The number of hydrogen-bond donors (Lipinski definition) is 1. The van der Waals surface area contributed by atoms with Gasteiger partial charge in [-0.25, -0.2) is 21.5 Å². The molecule has 10 nitrogen and oxygen atoms in total. The minimum absolute atomic E-state index is 0.0378. The Morgan fingerprint density at radius 1 is 1.00 bits per heavy atom. The van der Waals surface area contributed by atoms with Crippen LogP contribution in [0.3, 0.4) is 0 Å². The predicted octanol–water partition coefficient (Wildman–Crippen LogP) is 2.51. The van der Waals surface area contributed by atoms with Gasteiger partial charge in [0.25, 0.3) is 10.0 Å². The van der Waals surface area contributed by atoms with Gasteiger partial charge in [0.05, 0.1) is 15.8 Å². The lowest BCUT2D eigenvalue weighted by atomic mass is 10.2. The summed E-state index contributed by atoms with van der Waals surface area (Å²) in [4.78, 5) is 0.0123. The lowest BCUT2D eigenvalue weighted by molar-refractivity contribution is 0.445. The van der Waals surface area contributed by atoms with E-state index in [1.54, 1.807) is 36.7 Å². The van der Waals surface area contributed by atoms with Crippen LogP contribution in [0.1, 0.15) is 32.7 Å². The van der Waals surface area contributed by atoms with Gasteiger partial charge in [0.15, 0.2) is 5.82 Å². The van der Waals surface area contributed by atoms with Crippen LogP contribution in [0.2, 0.25) is 0 Å². The molecule has 2 aromatic carbocycles. The maximum Gasteiger partial charge on any atom is 0.261 e. The van der Waals surface area contributed by atoms with Crippen molar-refractivity contribution >= 4 is 25.7 Å². The summed E-state index contributed by atoms with van der Waals surface area (Å²) >= 11 is 0. The van der Waals surface area contributed by atoms with Crippen LogP contribution in [0, 0.1) is 0 Å². The van der Waals surface area contributed by atoms with Gasteiger partial charge in [0, 0.05) is 24.3 Å². The number of hydrogen-bond acceptors (Lipinski definition) is 7. The highest BCUT2D eigenvalue weighted by Crippen LogP contribution is 2.37. The standard InChI is InChI=1S/C20H24N6O4S2/c1-3-25(4-2)32(29,30)19-12-10-18(11-13-19)31(27,28)22-16-7-5-6-15(14-16)20-21-23-24-26(20)17-8-9-17/h5-7,10-14,17,22H,3-4,8-9H2,1-2H3. The van der Waals surface area contributed by atoms with Crippen LogP contribution >= 0.6 is 0 Å². The molecule has 1 N–H and O–H groups in total. The van der Waals surface area contributed by atoms with Crippen molar-refractivity contribution in [2.75, 3.05) is 17.8 Å². The second-order valence-electron chi connectivity index (χ2n) is 7.43. The van der Waals surface area contributed by atoms with E-state index in [4.69, 9.17) is 0 Å². The molecule has 1 heterocycles. The summed E-state index contributed by atoms with van der Waals surface area (Å²) in [7, 11) is -7.59. The van der Waals surface area contributed by atoms with Gasteiger partial charge < -0.3 is 0 Å². The van der Waals surface area contributed by atoms with Gasteiger partial charge in [-0.05, 0) is 59.7 Å². The average Bonchev–Trinajstić information content (AvgIpc) is 3.50. The summed E-state index contributed by atoms with van der Waals surface area (Å²) in [5.74, 6) is 0.583. The van der Waals surface area contributed by atoms with Crippen molar-refractivity contribution in [3.8, 4) is 11.4 Å². The summed E-state index contributed by atoms with van der Waals surface area (Å²) < 4.78 is 56.6. The Labute approximate surface area is 187 Å². The van der Waals surface area contributed by atoms with Crippen molar-refractivity contribution in [3.63, 3.8) is 0 Å². The quantitative estimate of drug-likeness (QED) is 0.503. The van der Waals surface area contributed by atoms with E-state index in [1.807, 2.05) is 6.07 Å². The molecule has 170 valence electrons. The molecule has 1 aliphatic rings. The fourth-order valence-electron chi connectivity index (χ4n) is 3.39. The Morgan fingerprint density at radius 2 is 1.66 bits per heavy atom. The molecule has 3 aromatic rings. The zero-order chi connectivity index (χ0) is 22.9. The maximum atomic E-state index is 12.9. The molecule has 12 heteroatoms.